The fourth-order valence-corrected chi connectivity index (χ4v) is 4.72. The molecular formula is C10H16N2O10P2S. The molecule has 0 radical (unpaired) electrons. The van der Waals surface area contributed by atoms with Gasteiger partial charge in [0.2, 0.25) is 0 Å². The Hall–Kier alpha value is -0.720. The molecule has 1 unspecified atom stereocenters. The molecule has 1 aliphatic rings. The van der Waals surface area contributed by atoms with E-state index in [0.29, 0.717) is 0 Å². The molecule has 1 aromatic heterocycles. The van der Waals surface area contributed by atoms with Crippen molar-refractivity contribution in [1.29, 1.82) is 0 Å². The van der Waals surface area contributed by atoms with Crippen LogP contribution in [0.15, 0.2) is 15.8 Å². The lowest BCUT2D eigenvalue weighted by atomic mass is 10.2. The molecule has 0 amide bonds. The fraction of sp³-hybridized carbons (Fsp3) is 0.600. The van der Waals surface area contributed by atoms with E-state index in [-0.39, 0.29) is 12.0 Å². The van der Waals surface area contributed by atoms with Crippen LogP contribution in [0.3, 0.4) is 0 Å². The maximum atomic E-state index is 11.8. The Kier molecular flexibility index (Phi) is 6.17. The van der Waals surface area contributed by atoms with Crippen molar-refractivity contribution in [2.75, 3.05) is 6.61 Å². The average Bonchev–Trinajstić information content (AvgIpc) is 2.79. The Labute approximate surface area is 145 Å². The second-order valence-electron chi connectivity index (χ2n) is 5.25. The molecule has 2 heterocycles. The van der Waals surface area contributed by atoms with Crippen LogP contribution in [0.2, 0.25) is 0 Å². The van der Waals surface area contributed by atoms with E-state index in [0.717, 1.165) is 4.57 Å². The number of aromatic nitrogens is 2. The van der Waals surface area contributed by atoms with Crippen LogP contribution >= 0.6 is 14.5 Å². The molecule has 142 valence electrons. The smallest absolute Gasteiger partial charge is 0.390 e. The van der Waals surface area contributed by atoms with E-state index < -0.39 is 50.8 Å². The van der Waals surface area contributed by atoms with Crippen LogP contribution in [0.4, 0.5) is 0 Å². The van der Waals surface area contributed by atoms with Gasteiger partial charge in [-0.05, 0) is 18.7 Å². The number of rotatable bonds is 6. The highest BCUT2D eigenvalue weighted by Gasteiger charge is 2.38. The van der Waals surface area contributed by atoms with Crippen molar-refractivity contribution in [3.05, 3.63) is 32.6 Å². The van der Waals surface area contributed by atoms with Crippen molar-refractivity contribution >= 4 is 26.3 Å². The zero-order valence-corrected chi connectivity index (χ0v) is 15.3. The summed E-state index contributed by atoms with van der Waals surface area (Å²) in [4.78, 5) is 52.1. The van der Waals surface area contributed by atoms with Gasteiger partial charge in [0.05, 0.1) is 12.7 Å². The summed E-state index contributed by atoms with van der Waals surface area (Å²) in [6.07, 6.45) is -1.82. The van der Waals surface area contributed by atoms with Crippen LogP contribution in [-0.2, 0) is 29.9 Å². The lowest BCUT2D eigenvalue weighted by Crippen LogP contribution is -2.33. The molecule has 5 N–H and O–H groups in total. The van der Waals surface area contributed by atoms with Crippen LogP contribution in [0.1, 0.15) is 18.2 Å². The minimum absolute atomic E-state index is 0.0208. The first kappa shape index (κ1) is 20.6. The first-order valence-corrected chi connectivity index (χ1v) is 10.9. The Bertz CT molecular complexity index is 847. The highest BCUT2D eigenvalue weighted by molar-refractivity contribution is 8.08. The Morgan fingerprint density at radius 2 is 2.08 bits per heavy atom. The summed E-state index contributed by atoms with van der Waals surface area (Å²) in [5, 5.41) is 9.97. The first-order chi connectivity index (χ1) is 11.4. The Balaban J connectivity index is 2.06. The molecule has 1 saturated heterocycles. The fourth-order valence-electron chi connectivity index (χ4n) is 2.16. The molecule has 15 heteroatoms. The molecule has 1 aromatic rings. The van der Waals surface area contributed by atoms with Crippen LogP contribution in [0.5, 0.6) is 0 Å². The van der Waals surface area contributed by atoms with Gasteiger partial charge < -0.3 is 29.0 Å². The summed E-state index contributed by atoms with van der Waals surface area (Å²) in [7, 11) is -5.05. The molecule has 1 fully saturated rings. The van der Waals surface area contributed by atoms with Gasteiger partial charge in [0.15, 0.2) is 0 Å². The standard InChI is InChI=1S/C10H16N2O10P2S/c1-5-3-12(10(15)11-9(5)14)8-2-6(13)7(21-8)4-20-24(19,25)22-23(16,17)18/h3,6-8,13H,2,4H2,1H3,(H,19,25)(H,11,14,15)(H2,16,17,18)/t6-,7+,8+,24?/m0/s1. The highest BCUT2D eigenvalue weighted by atomic mass is 32.5. The third kappa shape index (κ3) is 5.63. The monoisotopic (exact) mass is 418 g/mol. The van der Waals surface area contributed by atoms with Gasteiger partial charge in [0.1, 0.15) is 12.3 Å². The highest BCUT2D eigenvalue weighted by Crippen LogP contribution is 2.58. The largest absolute Gasteiger partial charge is 0.476 e. The normalized spacial score (nSPS) is 26.5. The number of hydrogen-bond donors (Lipinski definition) is 5. The third-order valence-electron chi connectivity index (χ3n) is 3.27. The SMILES string of the molecule is Cc1cn([C@H]2C[C@H](O)[C@@H](COP(O)(=S)OP(=O)(O)O)O2)c(=O)[nH]c1=O. The third-order valence-corrected chi connectivity index (χ3v) is 6.34. The number of nitrogens with zero attached hydrogens (tertiary/aromatic N) is 1. The van der Waals surface area contributed by atoms with E-state index in [9.17, 15) is 24.2 Å². The van der Waals surface area contributed by atoms with Crippen molar-refractivity contribution < 1.29 is 37.9 Å². The van der Waals surface area contributed by atoms with E-state index in [1.165, 1.54) is 13.1 Å². The van der Waals surface area contributed by atoms with E-state index in [2.05, 4.69) is 21.1 Å². The topological polar surface area (TPSA) is 181 Å². The summed E-state index contributed by atoms with van der Waals surface area (Å²) >= 11 is 4.44. The number of aliphatic hydroxyl groups is 1. The van der Waals surface area contributed by atoms with Gasteiger partial charge in [-0.1, -0.05) is 0 Å². The molecule has 1 aliphatic heterocycles. The molecule has 0 aromatic carbocycles. The zero-order chi connectivity index (χ0) is 19.0. The van der Waals surface area contributed by atoms with Crippen molar-refractivity contribution in [2.24, 2.45) is 0 Å². The molecule has 0 bridgehead atoms. The number of hydrogen-bond acceptors (Lipinski definition) is 8. The lowest BCUT2D eigenvalue weighted by molar-refractivity contribution is -0.0427. The molecule has 0 saturated carbocycles. The number of H-pyrrole nitrogens is 1. The van der Waals surface area contributed by atoms with Crippen molar-refractivity contribution in [1.82, 2.24) is 9.55 Å². The maximum Gasteiger partial charge on any atom is 0.476 e. The number of phosphoric acid groups is 1. The number of aromatic amines is 1. The zero-order valence-electron chi connectivity index (χ0n) is 12.7. The number of nitrogens with one attached hydrogen (secondary N) is 1. The maximum absolute atomic E-state index is 11.8. The summed E-state index contributed by atoms with van der Waals surface area (Å²) in [6.45, 7) is -3.28. The summed E-state index contributed by atoms with van der Waals surface area (Å²) in [5.74, 6) is 0. The van der Waals surface area contributed by atoms with Gasteiger partial charge in [-0.2, -0.15) is 0 Å². The van der Waals surface area contributed by atoms with Gasteiger partial charge in [-0.25, -0.2) is 13.7 Å². The second-order valence-corrected chi connectivity index (χ2v) is 9.46. The van der Waals surface area contributed by atoms with Gasteiger partial charge in [0.25, 0.3) is 5.56 Å². The lowest BCUT2D eigenvalue weighted by Gasteiger charge is -2.20. The summed E-state index contributed by atoms with van der Waals surface area (Å²) < 4.78 is 25.9. The van der Waals surface area contributed by atoms with Crippen LogP contribution < -0.4 is 11.2 Å². The van der Waals surface area contributed by atoms with Crippen molar-refractivity contribution in [3.63, 3.8) is 0 Å². The van der Waals surface area contributed by atoms with Gasteiger partial charge in [-0.15, -0.1) is 0 Å². The summed E-state index contributed by atoms with van der Waals surface area (Å²) in [6, 6.07) is 0. The predicted octanol–water partition coefficient (Wildman–Crippen LogP) is -1.16. The van der Waals surface area contributed by atoms with Gasteiger partial charge >= 0.3 is 20.2 Å². The number of aliphatic hydroxyl groups excluding tert-OH is 1. The second kappa shape index (κ2) is 7.49. The average molecular weight is 418 g/mol. The molecule has 12 nitrogen and oxygen atoms in total. The number of ether oxygens (including phenoxy) is 1. The van der Waals surface area contributed by atoms with Crippen molar-refractivity contribution in [3.8, 4) is 0 Å². The number of aryl methyl sites for hydroxylation is 1. The Morgan fingerprint density at radius 3 is 2.68 bits per heavy atom. The van der Waals surface area contributed by atoms with Crippen molar-refractivity contribution in [2.45, 2.75) is 31.8 Å². The van der Waals surface area contributed by atoms with Crippen LogP contribution in [0, 0.1) is 6.92 Å². The van der Waals surface area contributed by atoms with Crippen LogP contribution in [-0.4, -0.2) is 48.2 Å². The van der Waals surface area contributed by atoms with E-state index in [1.54, 1.807) is 0 Å². The summed E-state index contributed by atoms with van der Waals surface area (Å²) in [5.41, 5.74) is -1.01. The van der Waals surface area contributed by atoms with E-state index in [1.807, 2.05) is 0 Å². The Morgan fingerprint density at radius 1 is 1.44 bits per heavy atom. The minimum atomic E-state index is -5.05. The molecule has 0 aliphatic carbocycles. The van der Waals surface area contributed by atoms with E-state index >= 15 is 0 Å². The van der Waals surface area contributed by atoms with Gasteiger partial charge in [-0.3, -0.25) is 14.3 Å². The van der Waals surface area contributed by atoms with Crippen LogP contribution in [0.25, 0.3) is 0 Å². The molecule has 4 atom stereocenters. The predicted molar refractivity (Wildman–Crippen MR) is 86.2 cm³/mol. The molecular weight excluding hydrogens is 402 g/mol. The molecule has 0 spiro atoms. The quantitative estimate of drug-likeness (QED) is 0.351. The molecule has 25 heavy (non-hydrogen) atoms. The van der Waals surface area contributed by atoms with Gasteiger partial charge in [0, 0.05) is 18.2 Å². The molecule has 2 rings (SSSR count). The van der Waals surface area contributed by atoms with E-state index in [4.69, 9.17) is 19.0 Å². The minimum Gasteiger partial charge on any atom is -0.390 e. The first-order valence-electron chi connectivity index (χ1n) is 6.78.